The molecule has 216 valence electrons. The number of fused-ring (bicyclic) bond motifs is 2. The van der Waals surface area contributed by atoms with Gasteiger partial charge < -0.3 is 24.6 Å². The molecule has 2 aliphatic heterocycles. The highest BCUT2D eigenvalue weighted by Crippen LogP contribution is 2.36. The van der Waals surface area contributed by atoms with Gasteiger partial charge in [-0.3, -0.25) is 9.59 Å². The average Bonchev–Trinajstić information content (AvgIpc) is 2.95. The van der Waals surface area contributed by atoms with Crippen molar-refractivity contribution in [3.8, 4) is 5.75 Å². The molecule has 2 aromatic carbocycles. The predicted octanol–water partition coefficient (Wildman–Crippen LogP) is 5.72. The van der Waals surface area contributed by atoms with Crippen LogP contribution in [0.2, 0.25) is 0 Å². The number of rotatable bonds is 5. The molecule has 3 heterocycles. The zero-order valence-electron chi connectivity index (χ0n) is 24.7. The Morgan fingerprint density at radius 2 is 1.83 bits per heavy atom. The van der Waals surface area contributed by atoms with Gasteiger partial charge in [0.2, 0.25) is 5.95 Å². The van der Waals surface area contributed by atoms with E-state index in [-0.39, 0.29) is 23.7 Å². The number of amides is 1. The van der Waals surface area contributed by atoms with Gasteiger partial charge in [0.05, 0.1) is 36.3 Å². The third-order valence-corrected chi connectivity index (χ3v) is 7.77. The lowest BCUT2D eigenvalue weighted by Gasteiger charge is -2.34. The number of benzene rings is 2. The van der Waals surface area contributed by atoms with Crippen molar-refractivity contribution >= 4 is 34.9 Å². The van der Waals surface area contributed by atoms with Gasteiger partial charge in [-0.1, -0.05) is 25.1 Å². The smallest absolute Gasteiger partial charge is 0.309 e. The van der Waals surface area contributed by atoms with Crippen LogP contribution in [0.5, 0.6) is 5.75 Å². The van der Waals surface area contributed by atoms with Gasteiger partial charge in [-0.15, -0.1) is 0 Å². The number of ether oxygens (including phenoxy) is 2. The molecule has 0 radical (unpaired) electrons. The van der Waals surface area contributed by atoms with Gasteiger partial charge in [-0.25, -0.2) is 9.97 Å². The van der Waals surface area contributed by atoms with Gasteiger partial charge in [0, 0.05) is 37.5 Å². The number of piperidine rings is 1. The summed E-state index contributed by atoms with van der Waals surface area (Å²) < 4.78 is 11.3. The molecule has 0 spiro atoms. The van der Waals surface area contributed by atoms with E-state index < -0.39 is 5.60 Å². The first-order chi connectivity index (χ1) is 19.5. The highest BCUT2D eigenvalue weighted by Gasteiger charge is 2.30. The molecule has 1 fully saturated rings. The van der Waals surface area contributed by atoms with Crippen LogP contribution in [0, 0.1) is 5.92 Å². The van der Waals surface area contributed by atoms with E-state index in [2.05, 4.69) is 22.1 Å². The molecule has 0 aliphatic carbocycles. The fraction of sp³-hybridized carbons (Fsp3) is 0.438. The first kappa shape index (κ1) is 28.4. The molecule has 1 saturated heterocycles. The average molecular weight is 558 g/mol. The number of nitrogens with one attached hydrogen (secondary N) is 1. The molecular weight excluding hydrogens is 518 g/mol. The van der Waals surface area contributed by atoms with E-state index in [1.807, 2.05) is 63.2 Å². The Bertz CT molecular complexity index is 1440. The van der Waals surface area contributed by atoms with Crippen LogP contribution in [0.3, 0.4) is 0 Å². The van der Waals surface area contributed by atoms with Crippen molar-refractivity contribution in [3.63, 3.8) is 0 Å². The van der Waals surface area contributed by atoms with Crippen LogP contribution >= 0.6 is 0 Å². The van der Waals surface area contributed by atoms with Gasteiger partial charge in [-0.05, 0) is 69.7 Å². The number of aromatic nitrogens is 2. The summed E-state index contributed by atoms with van der Waals surface area (Å²) in [6.45, 7) is 9.35. The summed E-state index contributed by atoms with van der Waals surface area (Å²) in [7, 11) is 3.41. The van der Waals surface area contributed by atoms with E-state index in [9.17, 15) is 9.59 Å². The SMILES string of the molecule is COc1cc(N2CCC(C(=O)OC(C)(C)C)CC2)ccc1Nc1ncc2c(n1)CC(C)c1ccccc1C(=O)N2C. The van der Waals surface area contributed by atoms with Gasteiger partial charge in [-0.2, -0.15) is 0 Å². The standard InChI is InChI=1S/C32H39N5O4/c1-20-17-26-27(36(5)29(38)24-10-8-7-9-23(20)24)19-33-31(35-26)34-25-12-11-22(18-28(25)40-6)37-15-13-21(14-16-37)30(39)41-32(2,3)4/h7-12,18-21H,13-17H2,1-6H3,(H,33,34,35). The van der Waals surface area contributed by atoms with E-state index in [0.717, 1.165) is 48.6 Å². The van der Waals surface area contributed by atoms with Crippen molar-refractivity contribution in [1.82, 2.24) is 9.97 Å². The quantitative estimate of drug-likeness (QED) is 0.398. The third kappa shape index (κ3) is 6.14. The minimum absolute atomic E-state index is 0.0647. The van der Waals surface area contributed by atoms with E-state index >= 15 is 0 Å². The van der Waals surface area contributed by atoms with Crippen LogP contribution in [-0.2, 0) is 16.0 Å². The summed E-state index contributed by atoms with van der Waals surface area (Å²) in [5.74, 6) is 0.980. The van der Waals surface area contributed by atoms with Crippen molar-refractivity contribution in [2.24, 2.45) is 5.92 Å². The fourth-order valence-electron chi connectivity index (χ4n) is 5.57. The molecule has 1 amide bonds. The second-order valence-electron chi connectivity index (χ2n) is 11.9. The Hall–Kier alpha value is -4.14. The molecule has 0 saturated carbocycles. The summed E-state index contributed by atoms with van der Waals surface area (Å²) in [4.78, 5) is 39.0. The number of methoxy groups -OCH3 is 1. The second-order valence-corrected chi connectivity index (χ2v) is 11.9. The topological polar surface area (TPSA) is 96.9 Å². The Morgan fingerprint density at radius 1 is 1.10 bits per heavy atom. The molecule has 5 rings (SSSR count). The lowest BCUT2D eigenvalue weighted by Crippen LogP contribution is -2.38. The van der Waals surface area contributed by atoms with Gasteiger partial charge in [0.25, 0.3) is 5.91 Å². The van der Waals surface area contributed by atoms with Crippen LogP contribution in [0.4, 0.5) is 23.0 Å². The maximum atomic E-state index is 13.2. The van der Waals surface area contributed by atoms with Crippen LogP contribution in [0.15, 0.2) is 48.7 Å². The lowest BCUT2D eigenvalue weighted by molar-refractivity contribution is -0.160. The number of carbonyl (C=O) groups excluding carboxylic acids is 2. The van der Waals surface area contributed by atoms with E-state index in [1.165, 1.54) is 0 Å². The maximum absolute atomic E-state index is 13.2. The summed E-state index contributed by atoms with van der Waals surface area (Å²) >= 11 is 0. The number of nitrogens with zero attached hydrogens (tertiary/aromatic N) is 4. The first-order valence-corrected chi connectivity index (χ1v) is 14.2. The monoisotopic (exact) mass is 557 g/mol. The fourth-order valence-corrected chi connectivity index (χ4v) is 5.57. The van der Waals surface area contributed by atoms with Crippen molar-refractivity contribution < 1.29 is 19.1 Å². The maximum Gasteiger partial charge on any atom is 0.309 e. The number of anilines is 4. The number of hydrogen-bond donors (Lipinski definition) is 1. The molecule has 1 unspecified atom stereocenters. The Kier molecular flexibility index (Phi) is 7.89. The summed E-state index contributed by atoms with van der Waals surface area (Å²) in [6, 6.07) is 13.8. The van der Waals surface area contributed by atoms with E-state index in [1.54, 1.807) is 25.3 Å². The Labute approximate surface area is 241 Å². The minimum Gasteiger partial charge on any atom is -0.494 e. The van der Waals surface area contributed by atoms with Crippen LogP contribution in [0.1, 0.15) is 68.1 Å². The molecule has 1 atom stereocenters. The number of carbonyl (C=O) groups is 2. The van der Waals surface area contributed by atoms with Gasteiger partial charge in [0.1, 0.15) is 11.4 Å². The molecule has 1 N–H and O–H groups in total. The second kappa shape index (κ2) is 11.4. The Balaban J connectivity index is 1.31. The van der Waals surface area contributed by atoms with Gasteiger partial charge >= 0.3 is 5.97 Å². The summed E-state index contributed by atoms with van der Waals surface area (Å²) in [6.07, 6.45) is 3.88. The molecule has 9 heteroatoms. The molecule has 3 aromatic rings. The third-order valence-electron chi connectivity index (χ3n) is 7.77. The van der Waals surface area contributed by atoms with Crippen molar-refractivity contribution in [3.05, 3.63) is 65.5 Å². The zero-order valence-corrected chi connectivity index (χ0v) is 24.7. The van der Waals surface area contributed by atoms with Crippen molar-refractivity contribution in [2.75, 3.05) is 42.4 Å². The highest BCUT2D eigenvalue weighted by molar-refractivity contribution is 6.07. The lowest BCUT2D eigenvalue weighted by atomic mass is 9.89. The van der Waals surface area contributed by atoms with Gasteiger partial charge in [0.15, 0.2) is 0 Å². The largest absolute Gasteiger partial charge is 0.494 e. The van der Waals surface area contributed by atoms with Crippen LogP contribution < -0.4 is 19.9 Å². The number of esters is 1. The highest BCUT2D eigenvalue weighted by atomic mass is 16.6. The predicted molar refractivity (Wildman–Crippen MR) is 160 cm³/mol. The molecule has 2 aliphatic rings. The van der Waals surface area contributed by atoms with E-state index in [4.69, 9.17) is 14.5 Å². The van der Waals surface area contributed by atoms with Crippen molar-refractivity contribution in [1.29, 1.82) is 0 Å². The van der Waals surface area contributed by atoms with Crippen molar-refractivity contribution in [2.45, 2.75) is 58.5 Å². The molecule has 41 heavy (non-hydrogen) atoms. The number of hydrogen-bond acceptors (Lipinski definition) is 8. The Morgan fingerprint density at radius 3 is 2.54 bits per heavy atom. The minimum atomic E-state index is -0.471. The van der Waals surface area contributed by atoms with E-state index in [0.29, 0.717) is 29.4 Å². The molecule has 1 aromatic heterocycles. The zero-order chi connectivity index (χ0) is 29.3. The first-order valence-electron chi connectivity index (χ1n) is 14.2. The van der Waals surface area contributed by atoms with Crippen LogP contribution in [-0.4, -0.2) is 54.7 Å². The molecule has 0 bridgehead atoms. The molecular formula is C32H39N5O4. The summed E-state index contributed by atoms with van der Waals surface area (Å²) in [5.41, 5.74) is 4.56. The normalized spacial score (nSPS) is 17.7. The molecule has 9 nitrogen and oxygen atoms in total. The van der Waals surface area contributed by atoms with Crippen LogP contribution in [0.25, 0.3) is 0 Å². The summed E-state index contributed by atoms with van der Waals surface area (Å²) in [5, 5.41) is 3.31.